The highest BCUT2D eigenvalue weighted by atomic mass is 32.2. The van der Waals surface area contributed by atoms with Crippen molar-refractivity contribution in [2.75, 3.05) is 7.11 Å². The number of rotatable bonds is 6. The molecule has 0 radical (unpaired) electrons. The first-order valence-corrected chi connectivity index (χ1v) is 8.83. The van der Waals surface area contributed by atoms with Crippen molar-refractivity contribution >= 4 is 10.0 Å². The van der Waals surface area contributed by atoms with Gasteiger partial charge >= 0.3 is 0 Å². The number of sulfonamides is 1. The van der Waals surface area contributed by atoms with Crippen molar-refractivity contribution in [2.45, 2.75) is 38.6 Å². The summed E-state index contributed by atoms with van der Waals surface area (Å²) in [4.78, 5) is 0.108. The summed E-state index contributed by atoms with van der Waals surface area (Å²) < 4.78 is 38.3. The normalized spacial score (nSPS) is 13.3. The van der Waals surface area contributed by atoms with E-state index in [2.05, 4.69) is 9.88 Å². The zero-order chi connectivity index (χ0) is 17.2. The second kappa shape index (κ2) is 6.72. The fraction of sp³-hybridized carbons (Fsp3) is 0.438. The third-order valence-electron chi connectivity index (χ3n) is 3.66. The summed E-state index contributed by atoms with van der Waals surface area (Å²) in [6.45, 7) is 7.13. The molecule has 23 heavy (non-hydrogen) atoms. The second-order valence-electron chi connectivity index (χ2n) is 5.77. The third-order valence-corrected chi connectivity index (χ3v) is 5.34. The van der Waals surface area contributed by atoms with Gasteiger partial charge in [0.1, 0.15) is 16.3 Å². The van der Waals surface area contributed by atoms with Crippen LogP contribution in [0.1, 0.15) is 36.9 Å². The van der Waals surface area contributed by atoms with E-state index in [-0.39, 0.29) is 22.6 Å². The molecule has 0 bridgehead atoms. The Kier molecular flexibility index (Phi) is 5.11. The van der Waals surface area contributed by atoms with Gasteiger partial charge in [-0.3, -0.25) is 0 Å². The lowest BCUT2D eigenvalue weighted by atomic mass is 9.97. The molecular weight excluding hydrogens is 316 g/mol. The first-order valence-electron chi connectivity index (χ1n) is 7.35. The number of benzene rings is 1. The molecule has 0 saturated heterocycles. The second-order valence-corrected chi connectivity index (χ2v) is 7.42. The van der Waals surface area contributed by atoms with Crippen molar-refractivity contribution in [1.82, 2.24) is 9.88 Å². The van der Waals surface area contributed by atoms with Crippen LogP contribution in [0, 0.1) is 19.8 Å². The van der Waals surface area contributed by atoms with E-state index in [1.165, 1.54) is 0 Å². The number of hydrogen-bond donors (Lipinski definition) is 1. The lowest BCUT2D eigenvalue weighted by Crippen LogP contribution is -2.32. The van der Waals surface area contributed by atoms with E-state index in [9.17, 15) is 8.42 Å². The molecule has 0 saturated carbocycles. The van der Waals surface area contributed by atoms with E-state index in [0.717, 1.165) is 11.3 Å². The van der Waals surface area contributed by atoms with Gasteiger partial charge in [-0.15, -0.1) is 0 Å². The SMILES string of the molecule is COc1ccc(C(NS(=O)(=O)c2c(C)noc2C)C(C)C)cc1. The molecule has 126 valence electrons. The van der Waals surface area contributed by atoms with Crippen molar-refractivity contribution in [3.8, 4) is 5.75 Å². The molecule has 1 aromatic carbocycles. The Morgan fingerprint density at radius 1 is 1.17 bits per heavy atom. The lowest BCUT2D eigenvalue weighted by molar-refractivity contribution is 0.390. The largest absolute Gasteiger partial charge is 0.497 e. The van der Waals surface area contributed by atoms with Gasteiger partial charge in [0.05, 0.1) is 7.11 Å². The molecule has 1 unspecified atom stereocenters. The topological polar surface area (TPSA) is 81.4 Å². The number of aryl methyl sites for hydroxylation is 2. The molecule has 2 rings (SSSR count). The first kappa shape index (κ1) is 17.5. The monoisotopic (exact) mass is 338 g/mol. The molecular formula is C16H22N2O4S. The van der Waals surface area contributed by atoms with Crippen LogP contribution in [-0.4, -0.2) is 20.7 Å². The maximum absolute atomic E-state index is 12.7. The van der Waals surface area contributed by atoms with Crippen LogP contribution in [0.5, 0.6) is 5.75 Å². The zero-order valence-electron chi connectivity index (χ0n) is 14.0. The van der Waals surface area contributed by atoms with Crippen LogP contribution in [-0.2, 0) is 10.0 Å². The molecule has 0 aliphatic heterocycles. The minimum Gasteiger partial charge on any atom is -0.497 e. The standard InChI is InChI=1S/C16H22N2O4S/c1-10(2)15(13-6-8-14(21-5)9-7-13)18-23(19,20)16-11(3)17-22-12(16)4/h6-10,15,18H,1-5H3. The van der Waals surface area contributed by atoms with Gasteiger partial charge in [0, 0.05) is 6.04 Å². The van der Waals surface area contributed by atoms with E-state index < -0.39 is 10.0 Å². The summed E-state index contributed by atoms with van der Waals surface area (Å²) in [6, 6.07) is 6.99. The molecule has 0 fully saturated rings. The molecule has 6 nitrogen and oxygen atoms in total. The molecule has 0 aliphatic rings. The van der Waals surface area contributed by atoms with Crippen LogP contribution in [0.25, 0.3) is 0 Å². The number of aromatic nitrogens is 1. The summed E-state index contributed by atoms with van der Waals surface area (Å²) in [6.07, 6.45) is 0. The third kappa shape index (κ3) is 3.73. The van der Waals surface area contributed by atoms with E-state index in [1.807, 2.05) is 38.1 Å². The molecule has 1 heterocycles. The molecule has 0 spiro atoms. The summed E-state index contributed by atoms with van der Waals surface area (Å²) in [7, 11) is -2.13. The van der Waals surface area contributed by atoms with Gasteiger partial charge in [0.25, 0.3) is 0 Å². The van der Waals surface area contributed by atoms with Crippen molar-refractivity contribution < 1.29 is 17.7 Å². The predicted molar refractivity (Wildman–Crippen MR) is 86.9 cm³/mol. The Morgan fingerprint density at radius 3 is 2.22 bits per heavy atom. The summed E-state index contributed by atoms with van der Waals surface area (Å²) in [5.74, 6) is 1.08. The highest BCUT2D eigenvalue weighted by Gasteiger charge is 2.29. The van der Waals surface area contributed by atoms with E-state index >= 15 is 0 Å². The van der Waals surface area contributed by atoms with Crippen molar-refractivity contribution in [1.29, 1.82) is 0 Å². The first-order chi connectivity index (χ1) is 10.8. The van der Waals surface area contributed by atoms with Crippen LogP contribution >= 0.6 is 0 Å². The number of hydrogen-bond acceptors (Lipinski definition) is 5. The molecule has 0 aliphatic carbocycles. The van der Waals surface area contributed by atoms with Crippen molar-refractivity contribution in [3.63, 3.8) is 0 Å². The minimum absolute atomic E-state index is 0.0682. The Hall–Kier alpha value is -1.86. The Labute approximate surface area is 136 Å². The summed E-state index contributed by atoms with van der Waals surface area (Å²) in [5.41, 5.74) is 1.23. The van der Waals surface area contributed by atoms with Gasteiger partial charge < -0.3 is 9.26 Å². The van der Waals surface area contributed by atoms with Gasteiger partial charge in [-0.05, 0) is 37.5 Å². The molecule has 7 heteroatoms. The van der Waals surface area contributed by atoms with Gasteiger partial charge in [0.2, 0.25) is 10.0 Å². The molecule has 1 atom stereocenters. The van der Waals surface area contributed by atoms with Crippen molar-refractivity contribution in [3.05, 3.63) is 41.3 Å². The highest BCUT2D eigenvalue weighted by molar-refractivity contribution is 7.89. The Morgan fingerprint density at radius 2 is 1.78 bits per heavy atom. The fourth-order valence-corrected chi connectivity index (χ4v) is 4.19. The fourth-order valence-electron chi connectivity index (χ4n) is 2.48. The van der Waals surface area contributed by atoms with Crippen LogP contribution in [0.2, 0.25) is 0 Å². The maximum atomic E-state index is 12.7. The van der Waals surface area contributed by atoms with Crippen LogP contribution < -0.4 is 9.46 Å². The van der Waals surface area contributed by atoms with Crippen molar-refractivity contribution in [2.24, 2.45) is 5.92 Å². The predicted octanol–water partition coefficient (Wildman–Crippen LogP) is 2.98. The van der Waals surface area contributed by atoms with Crippen LogP contribution in [0.3, 0.4) is 0 Å². The average molecular weight is 338 g/mol. The van der Waals surface area contributed by atoms with E-state index in [4.69, 9.17) is 9.26 Å². The lowest BCUT2D eigenvalue weighted by Gasteiger charge is -2.23. The maximum Gasteiger partial charge on any atom is 0.246 e. The Bertz CT molecular complexity index is 744. The minimum atomic E-state index is -3.72. The summed E-state index contributed by atoms with van der Waals surface area (Å²) >= 11 is 0. The van der Waals surface area contributed by atoms with Crippen LogP contribution in [0.4, 0.5) is 0 Å². The van der Waals surface area contributed by atoms with Gasteiger partial charge in [-0.1, -0.05) is 31.1 Å². The van der Waals surface area contributed by atoms with E-state index in [0.29, 0.717) is 5.69 Å². The zero-order valence-corrected chi connectivity index (χ0v) is 14.8. The molecule has 1 N–H and O–H groups in total. The highest BCUT2D eigenvalue weighted by Crippen LogP contribution is 2.27. The van der Waals surface area contributed by atoms with E-state index in [1.54, 1.807) is 21.0 Å². The summed E-state index contributed by atoms with van der Waals surface area (Å²) in [5, 5.41) is 3.72. The van der Waals surface area contributed by atoms with Gasteiger partial charge in [-0.25, -0.2) is 13.1 Å². The van der Waals surface area contributed by atoms with Gasteiger partial charge in [0.15, 0.2) is 5.76 Å². The van der Waals surface area contributed by atoms with Crippen LogP contribution in [0.15, 0.2) is 33.7 Å². The molecule has 0 amide bonds. The molecule has 1 aromatic heterocycles. The average Bonchev–Trinajstić information content (AvgIpc) is 2.84. The number of methoxy groups -OCH3 is 1. The quantitative estimate of drug-likeness (QED) is 0.875. The smallest absolute Gasteiger partial charge is 0.246 e. The Balaban J connectivity index is 2.35. The molecule has 2 aromatic rings. The number of ether oxygens (including phenoxy) is 1. The van der Waals surface area contributed by atoms with Gasteiger partial charge in [-0.2, -0.15) is 0 Å². The number of nitrogens with one attached hydrogen (secondary N) is 1. The number of nitrogens with zero attached hydrogens (tertiary/aromatic N) is 1.